The third-order valence-electron chi connectivity index (χ3n) is 4.34. The largest absolute Gasteiger partial charge is 0.322 e. The summed E-state index contributed by atoms with van der Waals surface area (Å²) in [6.07, 6.45) is 5.48. The first kappa shape index (κ1) is 16.3. The number of benzene rings is 2. The molecule has 1 aliphatic carbocycles. The van der Waals surface area contributed by atoms with Crippen molar-refractivity contribution in [3.05, 3.63) is 76.1 Å². The molecule has 0 unspecified atom stereocenters. The molecule has 3 aromatic rings. The zero-order valence-corrected chi connectivity index (χ0v) is 15.9. The van der Waals surface area contributed by atoms with Gasteiger partial charge >= 0.3 is 0 Å². The molecule has 1 aromatic heterocycles. The zero-order valence-electron chi connectivity index (χ0n) is 13.5. The normalized spacial score (nSPS) is 14.1. The Bertz CT molecular complexity index is 1020. The highest BCUT2D eigenvalue weighted by Crippen LogP contribution is 2.37. The molecule has 1 amide bonds. The standard InChI is InChI=1S/C21H16BrNOS/c22-15-11-9-14(10-12-15)21(24)23-19-7-3-1-5-16(19)18-13-25-20-8-4-2-6-17(18)20/h1-9,11,13H,10,12H2,(H,23,24). The number of nitrogens with one attached hydrogen (secondary N) is 1. The molecule has 0 bridgehead atoms. The second kappa shape index (κ2) is 6.98. The van der Waals surface area contributed by atoms with Gasteiger partial charge in [-0.15, -0.1) is 11.3 Å². The van der Waals surface area contributed by atoms with Gasteiger partial charge in [0.05, 0.1) is 0 Å². The molecule has 1 heterocycles. The molecule has 4 rings (SSSR count). The molecule has 0 spiro atoms. The quantitative estimate of drug-likeness (QED) is 0.524. The first-order valence-electron chi connectivity index (χ1n) is 8.14. The minimum absolute atomic E-state index is 0.0248. The van der Waals surface area contributed by atoms with Gasteiger partial charge in [-0.1, -0.05) is 64.5 Å². The van der Waals surface area contributed by atoms with Crippen molar-refractivity contribution in [2.24, 2.45) is 0 Å². The fraction of sp³-hybridized carbons (Fsp3) is 0.0952. The summed E-state index contributed by atoms with van der Waals surface area (Å²) < 4.78 is 2.39. The average Bonchev–Trinajstić information content (AvgIpc) is 3.07. The number of carbonyl (C=O) groups is 1. The molecule has 4 heteroatoms. The summed E-state index contributed by atoms with van der Waals surface area (Å²) in [4.78, 5) is 12.6. The molecule has 0 radical (unpaired) electrons. The van der Waals surface area contributed by atoms with Gasteiger partial charge in [-0.05, 0) is 34.8 Å². The highest BCUT2D eigenvalue weighted by molar-refractivity contribution is 9.11. The Morgan fingerprint density at radius 3 is 2.60 bits per heavy atom. The summed E-state index contributed by atoms with van der Waals surface area (Å²) in [6, 6.07) is 16.4. The Labute approximate surface area is 159 Å². The predicted octanol–water partition coefficient (Wildman–Crippen LogP) is 6.51. The van der Waals surface area contributed by atoms with E-state index < -0.39 is 0 Å². The Balaban J connectivity index is 1.69. The fourth-order valence-electron chi connectivity index (χ4n) is 3.02. The van der Waals surface area contributed by atoms with Gasteiger partial charge in [0.1, 0.15) is 0 Å². The number of halogens is 1. The van der Waals surface area contributed by atoms with E-state index in [9.17, 15) is 4.79 Å². The van der Waals surface area contributed by atoms with E-state index in [-0.39, 0.29) is 5.91 Å². The summed E-state index contributed by atoms with van der Waals surface area (Å²) >= 11 is 5.21. The van der Waals surface area contributed by atoms with E-state index in [0.29, 0.717) is 0 Å². The van der Waals surface area contributed by atoms with Gasteiger partial charge in [0.15, 0.2) is 0 Å². The van der Waals surface area contributed by atoms with E-state index in [1.807, 2.05) is 30.4 Å². The average molecular weight is 410 g/mol. The molecule has 1 aliphatic rings. The summed E-state index contributed by atoms with van der Waals surface area (Å²) in [5, 5.41) is 6.48. The monoisotopic (exact) mass is 409 g/mol. The van der Waals surface area contributed by atoms with Crippen molar-refractivity contribution in [2.75, 3.05) is 5.32 Å². The van der Waals surface area contributed by atoms with Crippen molar-refractivity contribution >= 4 is 48.9 Å². The van der Waals surface area contributed by atoms with Crippen LogP contribution in [0, 0.1) is 0 Å². The zero-order chi connectivity index (χ0) is 17.2. The molecule has 0 saturated carbocycles. The highest BCUT2D eigenvalue weighted by Gasteiger charge is 2.16. The van der Waals surface area contributed by atoms with Crippen molar-refractivity contribution in [1.29, 1.82) is 0 Å². The van der Waals surface area contributed by atoms with Gasteiger partial charge in [-0.25, -0.2) is 0 Å². The van der Waals surface area contributed by atoms with Gasteiger partial charge in [-0.2, -0.15) is 0 Å². The van der Waals surface area contributed by atoms with Crippen LogP contribution in [-0.4, -0.2) is 5.91 Å². The van der Waals surface area contributed by atoms with Crippen molar-refractivity contribution in [1.82, 2.24) is 0 Å². The second-order valence-corrected chi connectivity index (χ2v) is 7.88. The summed E-state index contributed by atoms with van der Waals surface area (Å²) in [7, 11) is 0. The van der Waals surface area contributed by atoms with Gasteiger partial charge in [0.25, 0.3) is 5.91 Å². The van der Waals surface area contributed by atoms with Crippen LogP contribution < -0.4 is 5.32 Å². The molecule has 2 nitrogen and oxygen atoms in total. The smallest absolute Gasteiger partial charge is 0.251 e. The van der Waals surface area contributed by atoms with Crippen LogP contribution in [0.15, 0.2) is 76.1 Å². The lowest BCUT2D eigenvalue weighted by Gasteiger charge is -2.14. The van der Waals surface area contributed by atoms with Crippen molar-refractivity contribution in [3.63, 3.8) is 0 Å². The maximum absolute atomic E-state index is 12.6. The number of amides is 1. The lowest BCUT2D eigenvalue weighted by atomic mass is 10.0. The van der Waals surface area contributed by atoms with E-state index in [2.05, 4.69) is 57.0 Å². The van der Waals surface area contributed by atoms with Crippen LogP contribution in [0.25, 0.3) is 21.2 Å². The lowest BCUT2D eigenvalue weighted by molar-refractivity contribution is -0.113. The molecule has 124 valence electrons. The Morgan fingerprint density at radius 2 is 1.76 bits per heavy atom. The van der Waals surface area contributed by atoms with E-state index in [1.165, 1.54) is 10.1 Å². The van der Waals surface area contributed by atoms with Crippen LogP contribution in [0.2, 0.25) is 0 Å². The third kappa shape index (κ3) is 3.32. The molecular weight excluding hydrogens is 394 g/mol. The molecule has 0 fully saturated rings. The SMILES string of the molecule is O=C(Nc1ccccc1-c1csc2ccccc12)C1=CC=C(Br)CC1. The van der Waals surface area contributed by atoms with Gasteiger partial charge in [-0.3, -0.25) is 4.79 Å². The van der Waals surface area contributed by atoms with Crippen LogP contribution in [-0.2, 0) is 4.79 Å². The number of carbonyl (C=O) groups excluding carboxylic acids is 1. The maximum atomic E-state index is 12.6. The minimum Gasteiger partial charge on any atom is -0.322 e. The first-order valence-corrected chi connectivity index (χ1v) is 9.82. The number of hydrogen-bond acceptors (Lipinski definition) is 2. The number of para-hydroxylation sites is 1. The van der Waals surface area contributed by atoms with Crippen LogP contribution in [0.1, 0.15) is 12.8 Å². The topological polar surface area (TPSA) is 29.1 Å². The Kier molecular flexibility index (Phi) is 4.55. The number of anilines is 1. The third-order valence-corrected chi connectivity index (χ3v) is 5.96. The van der Waals surface area contributed by atoms with E-state index in [0.717, 1.165) is 39.7 Å². The summed E-state index contributed by atoms with van der Waals surface area (Å²) in [6.45, 7) is 0. The highest BCUT2D eigenvalue weighted by atomic mass is 79.9. The Hall–Kier alpha value is -2.17. The number of rotatable bonds is 3. The summed E-state index contributed by atoms with van der Waals surface area (Å²) in [5.41, 5.74) is 3.89. The van der Waals surface area contributed by atoms with Crippen molar-refractivity contribution < 1.29 is 4.79 Å². The fourth-order valence-corrected chi connectivity index (χ4v) is 4.31. The first-order chi connectivity index (χ1) is 12.2. The number of hydrogen-bond donors (Lipinski definition) is 1. The minimum atomic E-state index is -0.0248. The number of thiophene rings is 1. The molecule has 2 aromatic carbocycles. The van der Waals surface area contributed by atoms with Gasteiger partial charge in [0, 0.05) is 32.5 Å². The Morgan fingerprint density at radius 1 is 0.960 bits per heavy atom. The van der Waals surface area contributed by atoms with Crippen molar-refractivity contribution in [3.8, 4) is 11.1 Å². The van der Waals surface area contributed by atoms with Crippen LogP contribution >= 0.6 is 27.3 Å². The molecule has 1 N–H and O–H groups in total. The van der Waals surface area contributed by atoms with Crippen LogP contribution in [0.5, 0.6) is 0 Å². The number of allylic oxidation sites excluding steroid dienone is 3. The van der Waals surface area contributed by atoms with E-state index >= 15 is 0 Å². The summed E-state index contributed by atoms with van der Waals surface area (Å²) in [5.74, 6) is -0.0248. The van der Waals surface area contributed by atoms with E-state index in [1.54, 1.807) is 11.3 Å². The van der Waals surface area contributed by atoms with Crippen LogP contribution in [0.3, 0.4) is 0 Å². The predicted molar refractivity (Wildman–Crippen MR) is 110 cm³/mol. The van der Waals surface area contributed by atoms with Crippen LogP contribution in [0.4, 0.5) is 5.69 Å². The lowest BCUT2D eigenvalue weighted by Crippen LogP contribution is -2.16. The molecule has 25 heavy (non-hydrogen) atoms. The molecule has 0 atom stereocenters. The second-order valence-electron chi connectivity index (χ2n) is 5.95. The van der Waals surface area contributed by atoms with Gasteiger partial charge < -0.3 is 5.32 Å². The molecule has 0 aliphatic heterocycles. The molecular formula is C21H16BrNOS. The molecule has 0 saturated heterocycles. The van der Waals surface area contributed by atoms with E-state index in [4.69, 9.17) is 0 Å². The van der Waals surface area contributed by atoms with Gasteiger partial charge in [0.2, 0.25) is 0 Å². The van der Waals surface area contributed by atoms with Crippen molar-refractivity contribution in [2.45, 2.75) is 12.8 Å². The maximum Gasteiger partial charge on any atom is 0.251 e. The number of fused-ring (bicyclic) bond motifs is 1.